The monoisotopic (exact) mass is 467 g/mol. The summed E-state index contributed by atoms with van der Waals surface area (Å²) in [5, 5.41) is 1.72. The van der Waals surface area contributed by atoms with Gasteiger partial charge in [-0.25, -0.2) is 9.78 Å². The van der Waals surface area contributed by atoms with Gasteiger partial charge in [-0.3, -0.25) is 4.79 Å². The van der Waals surface area contributed by atoms with Crippen LogP contribution in [0.5, 0.6) is 0 Å². The van der Waals surface area contributed by atoms with Crippen LogP contribution in [0.25, 0.3) is 22.6 Å². The molecule has 0 spiro atoms. The van der Waals surface area contributed by atoms with Gasteiger partial charge in [0.15, 0.2) is 12.4 Å². The van der Waals surface area contributed by atoms with Gasteiger partial charge in [0, 0.05) is 10.8 Å². The van der Waals surface area contributed by atoms with Crippen LogP contribution in [0.15, 0.2) is 42.5 Å². The maximum absolute atomic E-state index is 13.1. The summed E-state index contributed by atoms with van der Waals surface area (Å²) in [6.45, 7) is 5.17. The van der Waals surface area contributed by atoms with E-state index in [4.69, 9.17) is 32.9 Å². The second kappa shape index (κ2) is 8.68. The van der Waals surface area contributed by atoms with Gasteiger partial charge in [0.2, 0.25) is 0 Å². The molecule has 0 atom stereocenters. The number of hydrogen-bond donors (Lipinski definition) is 0. The molecular weight excluding hydrogens is 445 g/mol. The Morgan fingerprint density at radius 2 is 1.81 bits per heavy atom. The lowest BCUT2D eigenvalue weighted by Crippen LogP contribution is -2.26. The molecule has 164 valence electrons. The Morgan fingerprint density at radius 3 is 2.53 bits per heavy atom. The van der Waals surface area contributed by atoms with E-state index in [0.717, 1.165) is 34.2 Å². The highest BCUT2D eigenvalue weighted by atomic mass is 35.5. The number of ketones is 1. The van der Waals surface area contributed by atoms with E-state index >= 15 is 0 Å². The van der Waals surface area contributed by atoms with Gasteiger partial charge in [-0.1, -0.05) is 68.2 Å². The number of hydrogen-bond acceptors (Lipinski definition) is 4. The molecule has 2 aromatic carbocycles. The zero-order valence-electron chi connectivity index (χ0n) is 18.2. The van der Waals surface area contributed by atoms with Crippen molar-refractivity contribution in [1.29, 1.82) is 0 Å². The molecule has 1 heterocycles. The lowest BCUT2D eigenvalue weighted by atomic mass is 9.91. The third-order valence-electron chi connectivity index (χ3n) is 5.60. The first-order valence-corrected chi connectivity index (χ1v) is 11.2. The van der Waals surface area contributed by atoms with Crippen molar-refractivity contribution in [3.8, 4) is 0 Å². The fourth-order valence-electron chi connectivity index (χ4n) is 3.74. The lowest BCUT2D eigenvalue weighted by Gasteiger charge is -2.17. The molecular formula is C26H23Cl2NO3. The van der Waals surface area contributed by atoms with E-state index in [0.29, 0.717) is 27.5 Å². The summed E-state index contributed by atoms with van der Waals surface area (Å²) >= 11 is 12.2. The number of pyridine rings is 1. The highest BCUT2D eigenvalue weighted by molar-refractivity contribution is 6.42. The normalized spacial score (nSPS) is 14.6. The second-order valence-corrected chi connectivity index (χ2v) is 9.74. The number of rotatable bonds is 4. The fraction of sp³-hybridized carbons (Fsp3) is 0.269. The molecule has 1 aliphatic rings. The Morgan fingerprint density at radius 1 is 1.06 bits per heavy atom. The average Bonchev–Trinajstić information content (AvgIpc) is 3.14. The number of Topliss-reactive ketones (excluding diaryl/α,β-unsaturated/α-hetero) is 1. The van der Waals surface area contributed by atoms with Crippen molar-refractivity contribution in [3.05, 3.63) is 74.9 Å². The molecule has 6 heteroatoms. The first kappa shape index (κ1) is 22.5. The summed E-state index contributed by atoms with van der Waals surface area (Å²) in [7, 11) is 0. The third kappa shape index (κ3) is 4.43. The van der Waals surface area contributed by atoms with Gasteiger partial charge in [0.25, 0.3) is 0 Å². The molecule has 0 N–H and O–H groups in total. The number of esters is 1. The van der Waals surface area contributed by atoms with Crippen LogP contribution < -0.4 is 0 Å². The van der Waals surface area contributed by atoms with Gasteiger partial charge >= 0.3 is 5.97 Å². The van der Waals surface area contributed by atoms with Crippen LogP contribution in [0.3, 0.4) is 0 Å². The lowest BCUT2D eigenvalue weighted by molar-refractivity contribution is -0.129. The van der Waals surface area contributed by atoms with E-state index in [9.17, 15) is 9.59 Å². The predicted molar refractivity (Wildman–Crippen MR) is 129 cm³/mol. The number of benzene rings is 2. The summed E-state index contributed by atoms with van der Waals surface area (Å²) in [5.41, 5.74) is 4.19. The molecule has 32 heavy (non-hydrogen) atoms. The van der Waals surface area contributed by atoms with E-state index in [1.54, 1.807) is 6.07 Å². The van der Waals surface area contributed by atoms with Crippen LogP contribution in [0.1, 0.15) is 54.4 Å². The van der Waals surface area contributed by atoms with Crippen molar-refractivity contribution < 1.29 is 14.3 Å². The van der Waals surface area contributed by atoms with E-state index < -0.39 is 11.4 Å². The summed E-state index contributed by atoms with van der Waals surface area (Å²) in [5.74, 6) is -0.616. The average molecular weight is 468 g/mol. The zero-order valence-corrected chi connectivity index (χ0v) is 19.7. The van der Waals surface area contributed by atoms with Crippen LogP contribution >= 0.6 is 23.2 Å². The smallest absolute Gasteiger partial charge is 0.339 e. The van der Waals surface area contributed by atoms with E-state index in [2.05, 4.69) is 0 Å². The van der Waals surface area contributed by atoms with Crippen LogP contribution in [-0.4, -0.2) is 23.3 Å². The molecule has 0 radical (unpaired) electrons. The molecule has 4 nitrogen and oxygen atoms in total. The van der Waals surface area contributed by atoms with E-state index in [1.165, 1.54) is 0 Å². The molecule has 0 saturated carbocycles. The molecule has 0 amide bonds. The largest absolute Gasteiger partial charge is 0.454 e. The number of carbonyl (C=O) groups excluding carboxylic acids is 2. The van der Waals surface area contributed by atoms with E-state index in [-0.39, 0.29) is 12.4 Å². The number of nitrogens with zero attached hydrogens (tertiary/aromatic N) is 1. The van der Waals surface area contributed by atoms with Crippen molar-refractivity contribution in [3.63, 3.8) is 0 Å². The zero-order chi connectivity index (χ0) is 23.0. The number of fused-ring (bicyclic) bond motifs is 2. The quantitative estimate of drug-likeness (QED) is 0.395. The van der Waals surface area contributed by atoms with Gasteiger partial charge in [-0.05, 0) is 53.8 Å². The molecule has 4 rings (SSSR count). The maximum Gasteiger partial charge on any atom is 0.339 e. The number of ether oxygens (including phenoxy) is 1. The van der Waals surface area contributed by atoms with Crippen molar-refractivity contribution in [2.24, 2.45) is 5.41 Å². The van der Waals surface area contributed by atoms with Crippen LogP contribution in [-0.2, 0) is 16.0 Å². The number of halogens is 2. The minimum atomic E-state index is -0.571. The third-order valence-corrected chi connectivity index (χ3v) is 6.34. The highest BCUT2D eigenvalue weighted by Crippen LogP contribution is 2.38. The Labute approximate surface area is 197 Å². The Hall–Kier alpha value is -2.69. The first-order valence-electron chi connectivity index (χ1n) is 10.4. The minimum absolute atomic E-state index is 0.124. The van der Waals surface area contributed by atoms with Crippen molar-refractivity contribution in [1.82, 2.24) is 4.98 Å². The standard InChI is InChI=1S/C26H23Cl2NO3/c1-26(2,3)22(30)14-32-25(31)23-17-6-4-5-7-21(17)29-24-16(9-10-18(23)24)12-15-8-11-19(27)20(28)13-15/h4-8,11-13H,9-10,14H2,1-3H3/b16-12-. The maximum atomic E-state index is 13.1. The molecule has 0 fully saturated rings. The van der Waals surface area contributed by atoms with Gasteiger partial charge in [-0.2, -0.15) is 0 Å². The first-order chi connectivity index (χ1) is 15.1. The van der Waals surface area contributed by atoms with Gasteiger partial charge in [0.1, 0.15) is 0 Å². The Balaban J connectivity index is 1.76. The molecule has 0 unspecified atom stereocenters. The molecule has 0 aliphatic heterocycles. The van der Waals surface area contributed by atoms with Crippen molar-refractivity contribution >= 4 is 57.5 Å². The van der Waals surface area contributed by atoms with Crippen LogP contribution in [0.4, 0.5) is 0 Å². The number of allylic oxidation sites excluding steroid dienone is 1. The number of carbonyl (C=O) groups is 2. The molecule has 0 saturated heterocycles. The second-order valence-electron chi connectivity index (χ2n) is 8.92. The predicted octanol–water partition coefficient (Wildman–Crippen LogP) is 6.80. The van der Waals surface area contributed by atoms with Gasteiger partial charge < -0.3 is 4.74 Å². The Kier molecular flexibility index (Phi) is 6.11. The summed E-state index contributed by atoms with van der Waals surface area (Å²) in [6.07, 6.45) is 3.42. The summed E-state index contributed by atoms with van der Waals surface area (Å²) < 4.78 is 5.46. The fourth-order valence-corrected chi connectivity index (χ4v) is 4.04. The van der Waals surface area contributed by atoms with Crippen molar-refractivity contribution in [2.45, 2.75) is 33.6 Å². The van der Waals surface area contributed by atoms with Crippen LogP contribution in [0.2, 0.25) is 10.0 Å². The highest BCUT2D eigenvalue weighted by Gasteiger charge is 2.29. The topological polar surface area (TPSA) is 56.3 Å². The SMILES string of the molecule is CC(C)(C)C(=O)COC(=O)c1c2c(nc3ccccc13)/C(=C\c1ccc(Cl)c(Cl)c1)CC2. The molecule has 1 aromatic heterocycles. The van der Waals surface area contributed by atoms with Gasteiger partial charge in [-0.15, -0.1) is 0 Å². The Bertz CT molecular complexity index is 1270. The summed E-state index contributed by atoms with van der Waals surface area (Å²) in [4.78, 5) is 30.3. The molecule has 3 aromatic rings. The van der Waals surface area contributed by atoms with Gasteiger partial charge in [0.05, 0.1) is 26.8 Å². The minimum Gasteiger partial charge on any atom is -0.454 e. The molecule has 1 aliphatic carbocycles. The van der Waals surface area contributed by atoms with Crippen LogP contribution in [0, 0.1) is 5.41 Å². The summed E-state index contributed by atoms with van der Waals surface area (Å²) in [6, 6.07) is 13.0. The van der Waals surface area contributed by atoms with E-state index in [1.807, 2.05) is 63.2 Å². The molecule has 0 bridgehead atoms. The number of aromatic nitrogens is 1. The van der Waals surface area contributed by atoms with Crippen molar-refractivity contribution in [2.75, 3.05) is 6.61 Å². The number of para-hydroxylation sites is 1.